The molecule has 1 aromatic rings. The molecule has 1 aromatic carbocycles. The molecule has 3 aliphatic heterocycles. The SMILES string of the molecule is O=[N+]([O-])c1cccc(NCCNC2CN3CCC2CC3)c1. The standard InChI is InChI=1S/C15H22N4O2/c20-19(21)14-3-1-2-13(10-14)16-6-7-17-15-11-18-8-4-12(15)5-9-18/h1-3,10,12,15-17H,4-9,11H2. The number of nitro groups is 1. The summed E-state index contributed by atoms with van der Waals surface area (Å²) in [6.07, 6.45) is 2.63. The van der Waals surface area contributed by atoms with Crippen molar-refractivity contribution in [3.8, 4) is 0 Å². The molecule has 0 spiro atoms. The van der Waals surface area contributed by atoms with E-state index in [1.165, 1.54) is 38.5 Å². The lowest BCUT2D eigenvalue weighted by Gasteiger charge is -2.45. The molecule has 114 valence electrons. The van der Waals surface area contributed by atoms with Crippen LogP contribution in [0.4, 0.5) is 11.4 Å². The van der Waals surface area contributed by atoms with Gasteiger partial charge in [-0.2, -0.15) is 0 Å². The van der Waals surface area contributed by atoms with E-state index in [4.69, 9.17) is 0 Å². The Balaban J connectivity index is 1.42. The van der Waals surface area contributed by atoms with Crippen molar-refractivity contribution in [1.82, 2.24) is 10.2 Å². The van der Waals surface area contributed by atoms with E-state index < -0.39 is 0 Å². The largest absolute Gasteiger partial charge is 0.384 e. The minimum atomic E-state index is -0.364. The van der Waals surface area contributed by atoms with Gasteiger partial charge in [-0.15, -0.1) is 0 Å². The van der Waals surface area contributed by atoms with Crippen LogP contribution in [0.15, 0.2) is 24.3 Å². The van der Waals surface area contributed by atoms with E-state index >= 15 is 0 Å². The summed E-state index contributed by atoms with van der Waals surface area (Å²) in [5, 5.41) is 17.6. The monoisotopic (exact) mass is 290 g/mol. The van der Waals surface area contributed by atoms with Crippen molar-refractivity contribution in [3.63, 3.8) is 0 Å². The lowest BCUT2D eigenvalue weighted by molar-refractivity contribution is -0.384. The van der Waals surface area contributed by atoms with Gasteiger partial charge in [-0.05, 0) is 37.9 Å². The number of piperidine rings is 3. The third kappa shape index (κ3) is 3.51. The number of nitro benzene ring substituents is 1. The number of anilines is 1. The Labute approximate surface area is 124 Å². The number of hydrogen-bond donors (Lipinski definition) is 2. The van der Waals surface area contributed by atoms with Crippen LogP contribution < -0.4 is 10.6 Å². The van der Waals surface area contributed by atoms with Crippen LogP contribution >= 0.6 is 0 Å². The molecule has 4 rings (SSSR count). The first-order valence-electron chi connectivity index (χ1n) is 7.66. The number of hydrogen-bond acceptors (Lipinski definition) is 5. The van der Waals surface area contributed by atoms with E-state index in [0.29, 0.717) is 6.04 Å². The molecule has 3 aliphatic rings. The van der Waals surface area contributed by atoms with E-state index in [2.05, 4.69) is 15.5 Å². The molecule has 0 aromatic heterocycles. The van der Waals surface area contributed by atoms with Crippen LogP contribution in [-0.4, -0.2) is 48.6 Å². The zero-order valence-electron chi connectivity index (χ0n) is 12.1. The highest BCUT2D eigenvalue weighted by molar-refractivity contribution is 5.50. The first-order valence-corrected chi connectivity index (χ1v) is 7.66. The average Bonchev–Trinajstić information content (AvgIpc) is 2.53. The second-order valence-electron chi connectivity index (χ2n) is 5.93. The molecule has 3 heterocycles. The molecule has 21 heavy (non-hydrogen) atoms. The van der Waals surface area contributed by atoms with Gasteiger partial charge in [0.2, 0.25) is 0 Å². The van der Waals surface area contributed by atoms with Crippen molar-refractivity contribution < 1.29 is 4.92 Å². The van der Waals surface area contributed by atoms with Crippen LogP contribution in [0, 0.1) is 16.0 Å². The highest BCUT2D eigenvalue weighted by atomic mass is 16.6. The summed E-state index contributed by atoms with van der Waals surface area (Å²) in [5.74, 6) is 0.827. The molecular weight excluding hydrogens is 268 g/mol. The fourth-order valence-corrected chi connectivity index (χ4v) is 3.39. The maximum atomic E-state index is 10.7. The Morgan fingerprint density at radius 2 is 2.10 bits per heavy atom. The number of nitrogens with zero attached hydrogens (tertiary/aromatic N) is 2. The first-order chi connectivity index (χ1) is 10.2. The quantitative estimate of drug-likeness (QED) is 0.474. The Morgan fingerprint density at radius 1 is 1.29 bits per heavy atom. The summed E-state index contributed by atoms with van der Waals surface area (Å²) in [4.78, 5) is 12.9. The highest BCUT2D eigenvalue weighted by Crippen LogP contribution is 2.27. The van der Waals surface area contributed by atoms with Crippen molar-refractivity contribution in [3.05, 3.63) is 34.4 Å². The van der Waals surface area contributed by atoms with Gasteiger partial charge in [0.15, 0.2) is 0 Å². The van der Waals surface area contributed by atoms with Crippen LogP contribution in [0.5, 0.6) is 0 Å². The molecule has 0 radical (unpaired) electrons. The van der Waals surface area contributed by atoms with Gasteiger partial charge in [0.25, 0.3) is 5.69 Å². The van der Waals surface area contributed by atoms with Gasteiger partial charge in [0, 0.05) is 43.5 Å². The van der Waals surface area contributed by atoms with E-state index in [1.807, 2.05) is 6.07 Å². The van der Waals surface area contributed by atoms with Crippen molar-refractivity contribution in [2.75, 3.05) is 38.0 Å². The molecule has 0 amide bonds. The number of benzene rings is 1. The molecule has 0 saturated carbocycles. The van der Waals surface area contributed by atoms with Gasteiger partial charge in [-0.25, -0.2) is 0 Å². The Hall–Kier alpha value is -1.66. The molecule has 2 N–H and O–H groups in total. The molecular formula is C15H22N4O2. The van der Waals surface area contributed by atoms with Crippen molar-refractivity contribution in [2.45, 2.75) is 18.9 Å². The highest BCUT2D eigenvalue weighted by Gasteiger charge is 2.33. The summed E-state index contributed by atoms with van der Waals surface area (Å²) < 4.78 is 0. The molecule has 1 atom stereocenters. The predicted octanol–water partition coefficient (Wildman–Crippen LogP) is 1.69. The summed E-state index contributed by atoms with van der Waals surface area (Å²) in [5.41, 5.74) is 0.935. The minimum absolute atomic E-state index is 0.130. The maximum absolute atomic E-state index is 10.7. The third-order valence-electron chi connectivity index (χ3n) is 4.57. The summed E-state index contributed by atoms with van der Waals surface area (Å²) >= 11 is 0. The van der Waals surface area contributed by atoms with Gasteiger partial charge >= 0.3 is 0 Å². The molecule has 3 fully saturated rings. The van der Waals surface area contributed by atoms with Crippen LogP contribution in [0.1, 0.15) is 12.8 Å². The number of non-ortho nitro benzene ring substituents is 1. The van der Waals surface area contributed by atoms with E-state index in [9.17, 15) is 10.1 Å². The number of nitrogens with one attached hydrogen (secondary N) is 2. The molecule has 1 unspecified atom stereocenters. The van der Waals surface area contributed by atoms with E-state index in [-0.39, 0.29) is 10.6 Å². The zero-order valence-corrected chi connectivity index (χ0v) is 12.1. The van der Waals surface area contributed by atoms with Crippen LogP contribution in [0.25, 0.3) is 0 Å². The molecule has 6 nitrogen and oxygen atoms in total. The Morgan fingerprint density at radius 3 is 2.76 bits per heavy atom. The van der Waals surface area contributed by atoms with Crippen molar-refractivity contribution >= 4 is 11.4 Å². The maximum Gasteiger partial charge on any atom is 0.271 e. The summed E-state index contributed by atoms with van der Waals surface area (Å²) in [7, 11) is 0. The van der Waals surface area contributed by atoms with Gasteiger partial charge in [0.05, 0.1) is 4.92 Å². The van der Waals surface area contributed by atoms with Crippen molar-refractivity contribution in [1.29, 1.82) is 0 Å². The van der Waals surface area contributed by atoms with Crippen LogP contribution in [0.3, 0.4) is 0 Å². The second-order valence-corrected chi connectivity index (χ2v) is 5.93. The molecule has 2 bridgehead atoms. The van der Waals surface area contributed by atoms with Crippen molar-refractivity contribution in [2.24, 2.45) is 5.92 Å². The molecule has 0 aliphatic carbocycles. The van der Waals surface area contributed by atoms with Gasteiger partial charge in [0.1, 0.15) is 0 Å². The lowest BCUT2D eigenvalue weighted by Crippen LogP contribution is -2.56. The number of fused-ring (bicyclic) bond motifs is 3. The predicted molar refractivity (Wildman–Crippen MR) is 82.5 cm³/mol. The molecule has 6 heteroatoms. The molecule has 3 saturated heterocycles. The number of rotatable bonds is 6. The fraction of sp³-hybridized carbons (Fsp3) is 0.600. The van der Waals surface area contributed by atoms with Gasteiger partial charge in [-0.3, -0.25) is 10.1 Å². The van der Waals surface area contributed by atoms with E-state index in [0.717, 1.165) is 24.7 Å². The van der Waals surface area contributed by atoms with Gasteiger partial charge in [-0.1, -0.05) is 6.07 Å². The van der Waals surface area contributed by atoms with E-state index in [1.54, 1.807) is 12.1 Å². The smallest absolute Gasteiger partial charge is 0.271 e. The first kappa shape index (κ1) is 14.3. The topological polar surface area (TPSA) is 70.4 Å². The Kier molecular flexibility index (Phi) is 4.36. The minimum Gasteiger partial charge on any atom is -0.384 e. The summed E-state index contributed by atoms with van der Waals surface area (Å²) in [6, 6.07) is 7.27. The Bertz CT molecular complexity index is 500. The van der Waals surface area contributed by atoms with Gasteiger partial charge < -0.3 is 15.5 Å². The summed E-state index contributed by atoms with van der Waals surface area (Å²) in [6.45, 7) is 5.35. The fourth-order valence-electron chi connectivity index (χ4n) is 3.39. The average molecular weight is 290 g/mol. The third-order valence-corrected chi connectivity index (χ3v) is 4.57. The lowest BCUT2D eigenvalue weighted by atomic mass is 9.84. The van der Waals surface area contributed by atoms with Crippen LogP contribution in [-0.2, 0) is 0 Å². The normalized spacial score (nSPS) is 27.5. The second kappa shape index (κ2) is 6.41. The zero-order chi connectivity index (χ0) is 14.7. The van der Waals surface area contributed by atoms with Crippen LogP contribution in [0.2, 0.25) is 0 Å².